The van der Waals surface area contributed by atoms with Crippen LogP contribution in [0.2, 0.25) is 10.0 Å². The van der Waals surface area contributed by atoms with Crippen molar-refractivity contribution >= 4 is 39.8 Å². The zero-order valence-electron chi connectivity index (χ0n) is 8.93. The van der Waals surface area contributed by atoms with Gasteiger partial charge in [0.1, 0.15) is 0 Å². The summed E-state index contributed by atoms with van der Waals surface area (Å²) >= 11 is 12.0. The zero-order valence-corrected chi connectivity index (χ0v) is 10.4. The van der Waals surface area contributed by atoms with E-state index in [2.05, 4.69) is 11.9 Å². The van der Waals surface area contributed by atoms with Crippen LogP contribution >= 0.6 is 23.2 Å². The number of anilines is 1. The first-order valence-electron chi connectivity index (χ1n) is 5.16. The Morgan fingerprint density at radius 2 is 2.00 bits per heavy atom. The molecule has 2 rings (SSSR count). The lowest BCUT2D eigenvalue weighted by Gasteiger charge is -2.07. The van der Waals surface area contributed by atoms with E-state index in [4.69, 9.17) is 28.9 Å². The molecule has 0 unspecified atom stereocenters. The predicted octanol–water partition coefficient (Wildman–Crippen LogP) is 4.08. The van der Waals surface area contributed by atoms with Crippen molar-refractivity contribution < 1.29 is 0 Å². The summed E-state index contributed by atoms with van der Waals surface area (Å²) in [5, 5.41) is 1.94. The first-order chi connectivity index (χ1) is 7.61. The van der Waals surface area contributed by atoms with Crippen LogP contribution in [0.4, 0.5) is 5.69 Å². The molecule has 2 aromatic rings. The van der Waals surface area contributed by atoms with Crippen LogP contribution in [0.5, 0.6) is 0 Å². The number of nitrogens with two attached hydrogens (primary N) is 1. The largest absolute Gasteiger partial charge is 0.398 e. The number of halogens is 2. The number of aromatic nitrogens is 1. The van der Waals surface area contributed by atoms with Crippen LogP contribution < -0.4 is 5.73 Å². The number of nitrogen functional groups attached to an aromatic ring is 1. The van der Waals surface area contributed by atoms with Crippen LogP contribution in [0, 0.1) is 0 Å². The maximum atomic E-state index is 6.10. The highest BCUT2D eigenvalue weighted by molar-refractivity contribution is 6.38. The fourth-order valence-corrected chi connectivity index (χ4v) is 2.25. The van der Waals surface area contributed by atoms with Crippen molar-refractivity contribution in [1.82, 2.24) is 4.98 Å². The Bertz CT molecular complexity index is 538. The van der Waals surface area contributed by atoms with Gasteiger partial charge in [0, 0.05) is 21.8 Å². The van der Waals surface area contributed by atoms with Crippen LogP contribution in [0.1, 0.15) is 19.0 Å². The van der Waals surface area contributed by atoms with Gasteiger partial charge in [0.15, 0.2) is 0 Å². The number of benzene rings is 1. The highest BCUT2D eigenvalue weighted by atomic mass is 35.5. The summed E-state index contributed by atoms with van der Waals surface area (Å²) in [6, 6.07) is 5.37. The molecule has 0 aliphatic heterocycles. The number of nitrogens with zero attached hydrogens (tertiary/aromatic N) is 1. The average Bonchev–Trinajstić information content (AvgIpc) is 2.20. The maximum Gasteiger partial charge on any atom is 0.0913 e. The lowest BCUT2D eigenvalue weighted by molar-refractivity contribution is 0.890. The van der Waals surface area contributed by atoms with Crippen molar-refractivity contribution in [2.24, 2.45) is 0 Å². The van der Waals surface area contributed by atoms with E-state index < -0.39 is 0 Å². The molecule has 0 aliphatic carbocycles. The molecule has 16 heavy (non-hydrogen) atoms. The lowest BCUT2D eigenvalue weighted by atomic mass is 10.1. The lowest BCUT2D eigenvalue weighted by Crippen LogP contribution is -1.96. The normalized spacial score (nSPS) is 10.9. The van der Waals surface area contributed by atoms with Crippen molar-refractivity contribution in [2.75, 3.05) is 5.73 Å². The number of rotatable bonds is 2. The topological polar surface area (TPSA) is 38.9 Å². The summed E-state index contributed by atoms with van der Waals surface area (Å²) < 4.78 is 0. The third kappa shape index (κ3) is 2.08. The van der Waals surface area contributed by atoms with E-state index in [9.17, 15) is 0 Å². The molecule has 0 radical (unpaired) electrons. The molecule has 4 heteroatoms. The highest BCUT2D eigenvalue weighted by Gasteiger charge is 2.08. The zero-order chi connectivity index (χ0) is 11.7. The van der Waals surface area contributed by atoms with Gasteiger partial charge in [0.2, 0.25) is 0 Å². The first kappa shape index (κ1) is 11.5. The minimum Gasteiger partial charge on any atom is -0.398 e. The molecule has 0 bridgehead atoms. The molecule has 84 valence electrons. The van der Waals surface area contributed by atoms with Crippen LogP contribution in [0.15, 0.2) is 18.2 Å². The SMILES string of the molecule is CCCc1cc(N)c2cc(Cl)cc(Cl)c2n1. The molecule has 1 aromatic carbocycles. The number of hydrogen-bond acceptors (Lipinski definition) is 2. The van der Waals surface area contributed by atoms with Gasteiger partial charge >= 0.3 is 0 Å². The summed E-state index contributed by atoms with van der Waals surface area (Å²) in [7, 11) is 0. The van der Waals surface area contributed by atoms with Gasteiger partial charge in [0.05, 0.1) is 10.5 Å². The Balaban J connectivity index is 2.71. The fraction of sp³-hybridized carbons (Fsp3) is 0.250. The van der Waals surface area contributed by atoms with Crippen LogP contribution in [0.25, 0.3) is 10.9 Å². The van der Waals surface area contributed by atoms with E-state index in [-0.39, 0.29) is 0 Å². The van der Waals surface area contributed by atoms with Crippen molar-refractivity contribution in [3.8, 4) is 0 Å². The molecule has 0 saturated carbocycles. The monoisotopic (exact) mass is 254 g/mol. The Labute approximate surface area is 104 Å². The van der Waals surface area contributed by atoms with Gasteiger partial charge in [0.25, 0.3) is 0 Å². The van der Waals surface area contributed by atoms with E-state index in [0.717, 1.165) is 29.4 Å². The van der Waals surface area contributed by atoms with Gasteiger partial charge in [-0.1, -0.05) is 36.5 Å². The maximum absolute atomic E-state index is 6.10. The van der Waals surface area contributed by atoms with E-state index in [1.807, 2.05) is 6.07 Å². The molecule has 0 aliphatic rings. The second-order valence-corrected chi connectivity index (χ2v) is 4.58. The van der Waals surface area contributed by atoms with Crippen LogP contribution in [0.3, 0.4) is 0 Å². The second-order valence-electron chi connectivity index (χ2n) is 3.74. The fourth-order valence-electron chi connectivity index (χ4n) is 1.72. The Morgan fingerprint density at radius 1 is 1.25 bits per heavy atom. The minimum atomic E-state index is 0.548. The predicted molar refractivity (Wildman–Crippen MR) is 70.2 cm³/mol. The van der Waals surface area contributed by atoms with Gasteiger partial charge in [-0.15, -0.1) is 0 Å². The van der Waals surface area contributed by atoms with Gasteiger partial charge in [-0.25, -0.2) is 0 Å². The van der Waals surface area contributed by atoms with E-state index >= 15 is 0 Å². The van der Waals surface area contributed by atoms with Crippen LogP contribution in [-0.2, 0) is 6.42 Å². The molecule has 0 atom stereocenters. The summed E-state index contributed by atoms with van der Waals surface area (Å²) in [5.41, 5.74) is 8.35. The summed E-state index contributed by atoms with van der Waals surface area (Å²) in [6.45, 7) is 2.10. The van der Waals surface area contributed by atoms with Gasteiger partial charge in [-0.2, -0.15) is 0 Å². The second kappa shape index (κ2) is 4.48. The van der Waals surface area contributed by atoms with Gasteiger partial charge in [-0.3, -0.25) is 4.98 Å². The third-order valence-corrected chi connectivity index (χ3v) is 2.93. The Hall–Kier alpha value is -0.990. The Morgan fingerprint density at radius 3 is 2.69 bits per heavy atom. The summed E-state index contributed by atoms with van der Waals surface area (Å²) in [6.07, 6.45) is 1.93. The molecular weight excluding hydrogens is 243 g/mol. The van der Waals surface area contributed by atoms with Crippen molar-refractivity contribution in [2.45, 2.75) is 19.8 Å². The van der Waals surface area contributed by atoms with Crippen LogP contribution in [-0.4, -0.2) is 4.98 Å². The highest BCUT2D eigenvalue weighted by Crippen LogP contribution is 2.30. The minimum absolute atomic E-state index is 0.548. The number of fused-ring (bicyclic) bond motifs is 1. The quantitative estimate of drug-likeness (QED) is 0.878. The molecule has 2 nitrogen and oxygen atoms in total. The molecular formula is C12H12Cl2N2. The number of pyridine rings is 1. The molecule has 0 spiro atoms. The van der Waals surface area contributed by atoms with Gasteiger partial charge < -0.3 is 5.73 Å². The van der Waals surface area contributed by atoms with Crippen molar-refractivity contribution in [3.05, 3.63) is 33.9 Å². The summed E-state index contributed by atoms with van der Waals surface area (Å²) in [4.78, 5) is 4.50. The van der Waals surface area contributed by atoms with Gasteiger partial charge in [-0.05, 0) is 24.6 Å². The molecule has 0 amide bonds. The third-order valence-electron chi connectivity index (χ3n) is 2.42. The Kier molecular flexibility index (Phi) is 3.22. The van der Waals surface area contributed by atoms with Crippen molar-refractivity contribution in [1.29, 1.82) is 0 Å². The molecule has 0 fully saturated rings. The molecule has 1 heterocycles. The summed E-state index contributed by atoms with van der Waals surface area (Å²) in [5.74, 6) is 0. The van der Waals surface area contributed by atoms with Crippen molar-refractivity contribution in [3.63, 3.8) is 0 Å². The first-order valence-corrected chi connectivity index (χ1v) is 5.91. The standard InChI is InChI=1S/C12H12Cl2N2/c1-2-3-8-6-11(15)9-4-7(13)5-10(14)12(9)16-8/h4-6H,2-3H2,1H3,(H2,15,16). The smallest absolute Gasteiger partial charge is 0.0913 e. The molecule has 0 saturated heterocycles. The number of hydrogen-bond donors (Lipinski definition) is 1. The number of aryl methyl sites for hydroxylation is 1. The van der Waals surface area contributed by atoms with E-state index in [0.29, 0.717) is 15.7 Å². The molecule has 2 N–H and O–H groups in total. The molecule has 1 aromatic heterocycles. The van der Waals surface area contributed by atoms with E-state index in [1.54, 1.807) is 12.1 Å². The average molecular weight is 255 g/mol. The van der Waals surface area contributed by atoms with E-state index in [1.165, 1.54) is 0 Å².